The molecular formula is C20H27NO3. The van der Waals surface area contributed by atoms with Gasteiger partial charge in [-0.25, -0.2) is 0 Å². The molecule has 0 aliphatic heterocycles. The summed E-state index contributed by atoms with van der Waals surface area (Å²) in [7, 11) is 0. The zero-order valence-electron chi connectivity index (χ0n) is 14.7. The molecule has 0 spiro atoms. The first kappa shape index (κ1) is 18.1. The van der Waals surface area contributed by atoms with Crippen molar-refractivity contribution in [3.8, 4) is 11.5 Å². The second-order valence-electron chi connectivity index (χ2n) is 5.74. The molecule has 130 valence electrons. The zero-order chi connectivity index (χ0) is 17.2. The molecular weight excluding hydrogens is 302 g/mol. The number of hydrogen-bond acceptors (Lipinski definition) is 4. The lowest BCUT2D eigenvalue weighted by atomic mass is 10.2. The largest absolute Gasteiger partial charge is 0.491 e. The third-order valence-corrected chi connectivity index (χ3v) is 3.30. The van der Waals surface area contributed by atoms with Crippen molar-refractivity contribution >= 4 is 5.69 Å². The van der Waals surface area contributed by atoms with Crippen LogP contribution in [-0.2, 0) is 11.3 Å². The van der Waals surface area contributed by atoms with Gasteiger partial charge in [-0.3, -0.25) is 0 Å². The van der Waals surface area contributed by atoms with Gasteiger partial charge in [0.15, 0.2) is 0 Å². The molecule has 1 N–H and O–H groups in total. The monoisotopic (exact) mass is 329 g/mol. The van der Waals surface area contributed by atoms with Crippen molar-refractivity contribution in [2.45, 2.75) is 33.4 Å². The maximum atomic E-state index is 5.72. The van der Waals surface area contributed by atoms with Crippen LogP contribution in [-0.4, -0.2) is 25.9 Å². The Morgan fingerprint density at radius 2 is 1.75 bits per heavy atom. The van der Waals surface area contributed by atoms with Crippen molar-refractivity contribution in [1.29, 1.82) is 0 Å². The van der Waals surface area contributed by atoms with E-state index in [2.05, 4.69) is 11.4 Å². The Kier molecular flexibility index (Phi) is 7.43. The Bertz CT molecular complexity index is 613. The van der Waals surface area contributed by atoms with Crippen LogP contribution in [0, 0.1) is 0 Å². The maximum Gasteiger partial charge on any atom is 0.121 e. The first-order valence-electron chi connectivity index (χ1n) is 8.47. The fourth-order valence-corrected chi connectivity index (χ4v) is 2.26. The van der Waals surface area contributed by atoms with Crippen LogP contribution in [0.1, 0.15) is 26.3 Å². The highest BCUT2D eigenvalue weighted by molar-refractivity contribution is 5.48. The topological polar surface area (TPSA) is 39.7 Å². The van der Waals surface area contributed by atoms with Crippen molar-refractivity contribution in [1.82, 2.24) is 0 Å². The zero-order valence-corrected chi connectivity index (χ0v) is 14.7. The summed E-state index contributed by atoms with van der Waals surface area (Å²) >= 11 is 0. The van der Waals surface area contributed by atoms with Gasteiger partial charge >= 0.3 is 0 Å². The van der Waals surface area contributed by atoms with E-state index in [4.69, 9.17) is 14.2 Å². The summed E-state index contributed by atoms with van der Waals surface area (Å²) in [4.78, 5) is 0. The summed E-state index contributed by atoms with van der Waals surface area (Å²) in [5.74, 6) is 1.74. The lowest BCUT2D eigenvalue weighted by Crippen LogP contribution is -2.07. The third kappa shape index (κ3) is 6.50. The summed E-state index contributed by atoms with van der Waals surface area (Å²) in [5.41, 5.74) is 2.20. The van der Waals surface area contributed by atoms with Gasteiger partial charge in [-0.2, -0.15) is 0 Å². The molecule has 2 aromatic carbocycles. The number of benzene rings is 2. The van der Waals surface area contributed by atoms with Crippen LogP contribution < -0.4 is 14.8 Å². The Hall–Kier alpha value is -2.20. The predicted molar refractivity (Wildman–Crippen MR) is 98.0 cm³/mol. The highest BCUT2D eigenvalue weighted by Crippen LogP contribution is 2.20. The molecule has 0 aliphatic rings. The molecule has 0 aromatic heterocycles. The minimum atomic E-state index is 0.172. The molecule has 0 radical (unpaired) electrons. The van der Waals surface area contributed by atoms with Crippen LogP contribution in [0.2, 0.25) is 0 Å². The summed E-state index contributed by atoms with van der Waals surface area (Å²) < 4.78 is 16.7. The Morgan fingerprint density at radius 3 is 2.54 bits per heavy atom. The van der Waals surface area contributed by atoms with Crippen molar-refractivity contribution < 1.29 is 14.2 Å². The summed E-state index contributed by atoms with van der Waals surface area (Å²) in [6.45, 7) is 8.66. The Labute approximate surface area is 144 Å². The minimum absolute atomic E-state index is 0.172. The molecule has 24 heavy (non-hydrogen) atoms. The Balaban J connectivity index is 1.87. The number of anilines is 1. The van der Waals surface area contributed by atoms with Gasteiger partial charge in [0.1, 0.15) is 18.1 Å². The molecule has 0 saturated heterocycles. The van der Waals surface area contributed by atoms with Gasteiger partial charge in [0, 0.05) is 24.9 Å². The standard InChI is InChI=1S/C20H27NO3/c1-4-22-11-12-23-19-9-5-7-17(13-19)15-21-18-8-6-10-20(14-18)24-16(2)3/h5-10,13-14,16,21H,4,11-12,15H2,1-3H3. The Morgan fingerprint density at radius 1 is 0.958 bits per heavy atom. The number of rotatable bonds is 10. The van der Waals surface area contributed by atoms with E-state index in [1.54, 1.807) is 0 Å². The van der Waals surface area contributed by atoms with Gasteiger partial charge in [0.05, 0.1) is 12.7 Å². The van der Waals surface area contributed by atoms with Crippen LogP contribution in [0.25, 0.3) is 0 Å². The average Bonchev–Trinajstić information content (AvgIpc) is 2.57. The van der Waals surface area contributed by atoms with E-state index in [0.717, 1.165) is 23.7 Å². The van der Waals surface area contributed by atoms with Crippen molar-refractivity contribution in [3.05, 3.63) is 54.1 Å². The van der Waals surface area contributed by atoms with Crippen LogP contribution in [0.3, 0.4) is 0 Å². The molecule has 4 heteroatoms. The lowest BCUT2D eigenvalue weighted by molar-refractivity contribution is 0.110. The van der Waals surface area contributed by atoms with E-state index in [9.17, 15) is 0 Å². The second-order valence-corrected chi connectivity index (χ2v) is 5.74. The van der Waals surface area contributed by atoms with Crippen molar-refractivity contribution in [2.24, 2.45) is 0 Å². The molecule has 0 saturated carbocycles. The lowest BCUT2D eigenvalue weighted by Gasteiger charge is -2.12. The highest BCUT2D eigenvalue weighted by atomic mass is 16.5. The minimum Gasteiger partial charge on any atom is -0.491 e. The molecule has 0 bridgehead atoms. The van der Waals surface area contributed by atoms with Gasteiger partial charge in [-0.05, 0) is 50.6 Å². The molecule has 0 aliphatic carbocycles. The first-order chi connectivity index (χ1) is 11.7. The molecule has 2 aromatic rings. The van der Waals surface area contributed by atoms with Gasteiger partial charge in [-0.1, -0.05) is 18.2 Å². The quantitative estimate of drug-likeness (QED) is 0.651. The van der Waals surface area contributed by atoms with Crippen LogP contribution in [0.5, 0.6) is 11.5 Å². The summed E-state index contributed by atoms with van der Waals surface area (Å²) in [6, 6.07) is 16.1. The molecule has 4 nitrogen and oxygen atoms in total. The average molecular weight is 329 g/mol. The van der Waals surface area contributed by atoms with Crippen LogP contribution >= 0.6 is 0 Å². The normalized spacial score (nSPS) is 10.7. The fraction of sp³-hybridized carbons (Fsp3) is 0.400. The molecule has 0 amide bonds. The van der Waals surface area contributed by atoms with Crippen LogP contribution in [0.4, 0.5) is 5.69 Å². The first-order valence-corrected chi connectivity index (χ1v) is 8.47. The van der Waals surface area contributed by atoms with Crippen molar-refractivity contribution in [2.75, 3.05) is 25.1 Å². The maximum absolute atomic E-state index is 5.72. The van der Waals surface area contributed by atoms with E-state index in [-0.39, 0.29) is 6.10 Å². The summed E-state index contributed by atoms with van der Waals surface area (Å²) in [6.07, 6.45) is 0.172. The van der Waals surface area contributed by atoms with E-state index < -0.39 is 0 Å². The van der Waals surface area contributed by atoms with Crippen LogP contribution in [0.15, 0.2) is 48.5 Å². The van der Waals surface area contributed by atoms with Gasteiger partial charge in [0.2, 0.25) is 0 Å². The molecule has 0 unspecified atom stereocenters. The molecule has 0 fully saturated rings. The smallest absolute Gasteiger partial charge is 0.121 e. The SMILES string of the molecule is CCOCCOc1cccc(CNc2cccc(OC(C)C)c2)c1. The van der Waals surface area contributed by atoms with Gasteiger partial charge in [0.25, 0.3) is 0 Å². The number of ether oxygens (including phenoxy) is 3. The molecule has 0 heterocycles. The summed E-state index contributed by atoms with van der Waals surface area (Å²) in [5, 5.41) is 3.42. The van der Waals surface area contributed by atoms with E-state index in [0.29, 0.717) is 19.8 Å². The van der Waals surface area contributed by atoms with Crippen molar-refractivity contribution in [3.63, 3.8) is 0 Å². The third-order valence-electron chi connectivity index (χ3n) is 3.30. The number of nitrogens with one attached hydrogen (secondary N) is 1. The highest BCUT2D eigenvalue weighted by Gasteiger charge is 2.01. The predicted octanol–water partition coefficient (Wildman–Crippen LogP) is 4.50. The fourth-order valence-electron chi connectivity index (χ4n) is 2.26. The molecule has 0 atom stereocenters. The van der Waals surface area contributed by atoms with E-state index in [1.165, 1.54) is 5.56 Å². The number of hydrogen-bond donors (Lipinski definition) is 1. The second kappa shape index (κ2) is 9.83. The molecule has 2 rings (SSSR count). The van der Waals surface area contributed by atoms with E-state index in [1.807, 2.05) is 63.2 Å². The van der Waals surface area contributed by atoms with Gasteiger partial charge < -0.3 is 19.5 Å². The van der Waals surface area contributed by atoms with Gasteiger partial charge in [-0.15, -0.1) is 0 Å². The van der Waals surface area contributed by atoms with E-state index >= 15 is 0 Å².